The van der Waals surface area contributed by atoms with Crippen LogP contribution in [0.4, 0.5) is 22.0 Å². The van der Waals surface area contributed by atoms with E-state index in [9.17, 15) is 22.0 Å². The number of para-hydroxylation sites is 1. The summed E-state index contributed by atoms with van der Waals surface area (Å²) in [6.45, 7) is 1.51. The van der Waals surface area contributed by atoms with E-state index >= 15 is 0 Å². The Kier molecular flexibility index (Phi) is 7.51. The standard InChI is InChI=1S/C25H21F5O2/c1-2-31-24-22(26)15-18(16-23(24)27)21(25(28,29)30)13-7-9-17-8-6-12-20(14-17)32-19-10-4-3-5-11-19/h3-6,8,10-16H,2,7,9H2,1H3. The summed E-state index contributed by atoms with van der Waals surface area (Å²) in [6, 6.07) is 17.4. The highest BCUT2D eigenvalue weighted by molar-refractivity contribution is 5.70. The Morgan fingerprint density at radius 1 is 0.875 bits per heavy atom. The van der Waals surface area contributed by atoms with Crippen LogP contribution in [0.15, 0.2) is 72.8 Å². The van der Waals surface area contributed by atoms with Gasteiger partial charge in [0.15, 0.2) is 17.4 Å². The summed E-state index contributed by atoms with van der Waals surface area (Å²) < 4.78 is 79.5. The summed E-state index contributed by atoms with van der Waals surface area (Å²) in [5.41, 5.74) is -0.924. The van der Waals surface area contributed by atoms with Crippen molar-refractivity contribution in [3.63, 3.8) is 0 Å². The number of hydrogen-bond donors (Lipinski definition) is 0. The molecule has 32 heavy (non-hydrogen) atoms. The largest absolute Gasteiger partial charge is 0.488 e. The highest BCUT2D eigenvalue weighted by Crippen LogP contribution is 2.37. The molecule has 0 aliphatic rings. The van der Waals surface area contributed by atoms with Crippen molar-refractivity contribution in [3.05, 3.63) is 95.6 Å². The molecule has 3 rings (SSSR count). The first-order chi connectivity index (χ1) is 15.3. The maximum atomic E-state index is 14.1. The van der Waals surface area contributed by atoms with E-state index in [1.165, 1.54) is 6.92 Å². The van der Waals surface area contributed by atoms with Crippen LogP contribution in [0.1, 0.15) is 24.5 Å². The van der Waals surface area contributed by atoms with Crippen molar-refractivity contribution in [3.8, 4) is 17.2 Å². The van der Waals surface area contributed by atoms with Gasteiger partial charge in [0.25, 0.3) is 0 Å². The van der Waals surface area contributed by atoms with Crippen LogP contribution in [0.3, 0.4) is 0 Å². The Morgan fingerprint density at radius 2 is 1.53 bits per heavy atom. The van der Waals surface area contributed by atoms with Crippen molar-refractivity contribution < 1.29 is 31.4 Å². The Morgan fingerprint density at radius 3 is 2.16 bits per heavy atom. The highest BCUT2D eigenvalue weighted by Gasteiger charge is 2.35. The zero-order valence-corrected chi connectivity index (χ0v) is 17.3. The van der Waals surface area contributed by atoms with Crippen molar-refractivity contribution in [2.45, 2.75) is 25.9 Å². The Labute approximate surface area is 182 Å². The average Bonchev–Trinajstić information content (AvgIpc) is 2.74. The van der Waals surface area contributed by atoms with Gasteiger partial charge in [0.1, 0.15) is 11.5 Å². The van der Waals surface area contributed by atoms with Crippen LogP contribution in [-0.2, 0) is 6.42 Å². The Balaban J connectivity index is 1.78. The summed E-state index contributed by atoms with van der Waals surface area (Å²) in [4.78, 5) is 0. The van der Waals surface area contributed by atoms with Gasteiger partial charge in [0, 0.05) is 0 Å². The molecule has 0 atom stereocenters. The van der Waals surface area contributed by atoms with Gasteiger partial charge in [-0.2, -0.15) is 13.2 Å². The molecule has 0 aromatic heterocycles. The van der Waals surface area contributed by atoms with Crippen LogP contribution in [0.25, 0.3) is 5.57 Å². The van der Waals surface area contributed by atoms with Gasteiger partial charge in [0.2, 0.25) is 0 Å². The molecule has 0 saturated carbocycles. The first-order valence-electron chi connectivity index (χ1n) is 9.99. The molecule has 0 amide bonds. The van der Waals surface area contributed by atoms with Crippen molar-refractivity contribution in [2.24, 2.45) is 0 Å². The van der Waals surface area contributed by atoms with Crippen molar-refractivity contribution >= 4 is 5.57 Å². The summed E-state index contributed by atoms with van der Waals surface area (Å²) in [5, 5.41) is 0. The van der Waals surface area contributed by atoms with E-state index in [-0.39, 0.29) is 19.4 Å². The van der Waals surface area contributed by atoms with E-state index < -0.39 is 34.7 Å². The summed E-state index contributed by atoms with van der Waals surface area (Å²) in [5.74, 6) is -1.84. The number of allylic oxidation sites excluding steroid dienone is 2. The third kappa shape index (κ3) is 6.09. The van der Waals surface area contributed by atoms with Gasteiger partial charge in [-0.1, -0.05) is 36.4 Å². The summed E-state index contributed by atoms with van der Waals surface area (Å²) in [7, 11) is 0. The molecule has 0 saturated heterocycles. The molecule has 0 radical (unpaired) electrons. The first kappa shape index (κ1) is 23.3. The molecule has 0 bridgehead atoms. The Bertz CT molecular complexity index is 1050. The molecule has 3 aromatic carbocycles. The van der Waals surface area contributed by atoms with Gasteiger partial charge in [-0.05, 0) is 67.3 Å². The van der Waals surface area contributed by atoms with Crippen LogP contribution in [0.2, 0.25) is 0 Å². The van der Waals surface area contributed by atoms with Gasteiger partial charge < -0.3 is 9.47 Å². The number of hydrogen-bond acceptors (Lipinski definition) is 2. The lowest BCUT2D eigenvalue weighted by atomic mass is 10.0. The molecule has 2 nitrogen and oxygen atoms in total. The van der Waals surface area contributed by atoms with Gasteiger partial charge in [0.05, 0.1) is 12.2 Å². The second-order valence-electron chi connectivity index (χ2n) is 6.92. The van der Waals surface area contributed by atoms with E-state index in [4.69, 9.17) is 9.47 Å². The molecule has 168 valence electrons. The van der Waals surface area contributed by atoms with Crippen molar-refractivity contribution in [1.29, 1.82) is 0 Å². The van der Waals surface area contributed by atoms with E-state index in [0.717, 1.165) is 11.6 Å². The molecule has 7 heteroatoms. The molecule has 3 aromatic rings. The number of alkyl halides is 3. The maximum absolute atomic E-state index is 14.1. The lowest BCUT2D eigenvalue weighted by Gasteiger charge is -2.14. The smallest absolute Gasteiger partial charge is 0.416 e. The maximum Gasteiger partial charge on any atom is 0.416 e. The van der Waals surface area contributed by atoms with E-state index in [0.29, 0.717) is 23.6 Å². The fourth-order valence-corrected chi connectivity index (χ4v) is 3.17. The van der Waals surface area contributed by atoms with Crippen LogP contribution in [-0.4, -0.2) is 12.8 Å². The second-order valence-corrected chi connectivity index (χ2v) is 6.92. The summed E-state index contributed by atoms with van der Waals surface area (Å²) in [6.07, 6.45) is -3.53. The lowest BCUT2D eigenvalue weighted by Crippen LogP contribution is -2.12. The third-order valence-corrected chi connectivity index (χ3v) is 4.56. The highest BCUT2D eigenvalue weighted by atomic mass is 19.4. The SMILES string of the molecule is CCOc1c(F)cc(C(=CCCc2cccc(Oc3ccccc3)c2)C(F)(F)F)cc1F. The molecule has 0 N–H and O–H groups in total. The Hall–Kier alpha value is -3.35. The normalized spacial score (nSPS) is 12.0. The quantitative estimate of drug-likeness (QED) is 0.328. The summed E-state index contributed by atoms with van der Waals surface area (Å²) >= 11 is 0. The van der Waals surface area contributed by atoms with E-state index in [1.54, 1.807) is 36.4 Å². The van der Waals surface area contributed by atoms with Gasteiger partial charge in [-0.3, -0.25) is 0 Å². The monoisotopic (exact) mass is 448 g/mol. The number of rotatable bonds is 8. The molecule has 0 unspecified atom stereocenters. The zero-order valence-electron chi connectivity index (χ0n) is 17.3. The van der Waals surface area contributed by atoms with Gasteiger partial charge in [-0.15, -0.1) is 0 Å². The molecule has 0 spiro atoms. The topological polar surface area (TPSA) is 18.5 Å². The van der Waals surface area contributed by atoms with Gasteiger partial charge >= 0.3 is 6.18 Å². The predicted molar refractivity (Wildman–Crippen MR) is 113 cm³/mol. The predicted octanol–water partition coefficient (Wildman–Crippen LogP) is 7.73. The van der Waals surface area contributed by atoms with Crippen LogP contribution in [0, 0.1) is 11.6 Å². The molecule has 0 aliphatic carbocycles. The van der Waals surface area contributed by atoms with Crippen LogP contribution >= 0.6 is 0 Å². The van der Waals surface area contributed by atoms with Crippen molar-refractivity contribution in [1.82, 2.24) is 0 Å². The molecular weight excluding hydrogens is 427 g/mol. The van der Waals surface area contributed by atoms with E-state index in [1.807, 2.05) is 18.2 Å². The van der Waals surface area contributed by atoms with Crippen molar-refractivity contribution in [2.75, 3.05) is 6.61 Å². The molecule has 0 fully saturated rings. The lowest BCUT2D eigenvalue weighted by molar-refractivity contribution is -0.0691. The molecule has 0 aliphatic heterocycles. The molecular formula is C25H21F5O2. The minimum absolute atomic E-state index is 0.0117. The van der Waals surface area contributed by atoms with E-state index in [2.05, 4.69) is 0 Å². The number of ether oxygens (including phenoxy) is 2. The van der Waals surface area contributed by atoms with Crippen LogP contribution in [0.5, 0.6) is 17.2 Å². The fourth-order valence-electron chi connectivity index (χ4n) is 3.17. The second kappa shape index (κ2) is 10.3. The minimum Gasteiger partial charge on any atom is -0.488 e. The minimum atomic E-state index is -4.77. The number of benzene rings is 3. The molecule has 0 heterocycles. The first-order valence-corrected chi connectivity index (χ1v) is 9.99. The van der Waals surface area contributed by atoms with Crippen LogP contribution < -0.4 is 9.47 Å². The number of aryl methyl sites for hydroxylation is 1. The number of halogens is 5. The zero-order chi connectivity index (χ0) is 23.1. The average molecular weight is 448 g/mol. The fraction of sp³-hybridized carbons (Fsp3) is 0.200. The van der Waals surface area contributed by atoms with Gasteiger partial charge in [-0.25, -0.2) is 8.78 Å². The third-order valence-electron chi connectivity index (χ3n) is 4.56.